The van der Waals surface area contributed by atoms with Crippen LogP contribution in [-0.2, 0) is 9.59 Å². The standard InChI is InChI=1S/C20H27N3O4/c24-16-21-11-13-23(14-12-21)20(26)17-7-3-4-8-18(17)27-15-19(25)22-9-5-1-2-6-10-22/h3-4,7-8,16H,1-2,5-6,9-15H2. The number of likely N-dealkylation sites (tertiary alicyclic amines) is 1. The van der Waals surface area contributed by atoms with Gasteiger partial charge in [-0.2, -0.15) is 0 Å². The number of hydrogen-bond acceptors (Lipinski definition) is 4. The van der Waals surface area contributed by atoms with Gasteiger partial charge in [-0.1, -0.05) is 25.0 Å². The molecule has 0 N–H and O–H groups in total. The zero-order valence-electron chi connectivity index (χ0n) is 15.6. The van der Waals surface area contributed by atoms with E-state index in [-0.39, 0.29) is 18.4 Å². The molecular formula is C20H27N3O4. The Morgan fingerprint density at radius 1 is 0.889 bits per heavy atom. The van der Waals surface area contributed by atoms with Crippen LogP contribution in [0.25, 0.3) is 0 Å². The molecule has 0 saturated carbocycles. The minimum atomic E-state index is -0.127. The second-order valence-corrected chi connectivity index (χ2v) is 7.01. The summed E-state index contributed by atoms with van der Waals surface area (Å²) in [6.07, 6.45) is 5.22. The van der Waals surface area contributed by atoms with E-state index in [2.05, 4.69) is 0 Å². The van der Waals surface area contributed by atoms with Crippen molar-refractivity contribution in [3.8, 4) is 5.75 Å². The van der Waals surface area contributed by atoms with Crippen molar-refractivity contribution in [1.82, 2.24) is 14.7 Å². The van der Waals surface area contributed by atoms with Crippen molar-refractivity contribution in [2.75, 3.05) is 45.9 Å². The fourth-order valence-corrected chi connectivity index (χ4v) is 3.52. The Morgan fingerprint density at radius 3 is 2.22 bits per heavy atom. The van der Waals surface area contributed by atoms with Crippen molar-refractivity contribution in [3.63, 3.8) is 0 Å². The molecule has 3 amide bonds. The molecule has 0 unspecified atom stereocenters. The van der Waals surface area contributed by atoms with Gasteiger partial charge in [0.05, 0.1) is 5.56 Å². The van der Waals surface area contributed by atoms with Crippen LogP contribution >= 0.6 is 0 Å². The molecule has 7 heteroatoms. The molecule has 27 heavy (non-hydrogen) atoms. The van der Waals surface area contributed by atoms with E-state index in [0.29, 0.717) is 37.5 Å². The maximum absolute atomic E-state index is 12.9. The molecule has 0 bridgehead atoms. The molecule has 2 aliphatic heterocycles. The van der Waals surface area contributed by atoms with E-state index in [9.17, 15) is 14.4 Å². The summed E-state index contributed by atoms with van der Waals surface area (Å²) in [5.74, 6) is 0.278. The van der Waals surface area contributed by atoms with Gasteiger partial charge in [0.1, 0.15) is 5.75 Å². The van der Waals surface area contributed by atoms with Crippen LogP contribution < -0.4 is 4.74 Å². The summed E-state index contributed by atoms with van der Waals surface area (Å²) in [5, 5.41) is 0. The average Bonchev–Trinajstić information content (AvgIpc) is 3.01. The lowest BCUT2D eigenvalue weighted by molar-refractivity contribution is -0.133. The normalized spacial score (nSPS) is 18.0. The molecule has 3 rings (SSSR count). The van der Waals surface area contributed by atoms with Crippen LogP contribution in [-0.4, -0.2) is 78.8 Å². The zero-order valence-corrected chi connectivity index (χ0v) is 15.6. The Morgan fingerprint density at radius 2 is 1.56 bits per heavy atom. The summed E-state index contributed by atoms with van der Waals surface area (Å²) < 4.78 is 5.74. The molecule has 146 valence electrons. The summed E-state index contributed by atoms with van der Waals surface area (Å²) >= 11 is 0. The highest BCUT2D eigenvalue weighted by molar-refractivity contribution is 5.97. The molecule has 1 aromatic carbocycles. The fraction of sp³-hybridized carbons (Fsp3) is 0.550. The topological polar surface area (TPSA) is 70.2 Å². The second kappa shape index (κ2) is 9.39. The maximum Gasteiger partial charge on any atom is 0.260 e. The van der Waals surface area contributed by atoms with Crippen LogP contribution in [0, 0.1) is 0 Å². The Bertz CT molecular complexity index is 663. The minimum absolute atomic E-state index is 0.0289. The van der Waals surface area contributed by atoms with E-state index >= 15 is 0 Å². The Kier molecular flexibility index (Phi) is 6.68. The number of ether oxygens (including phenoxy) is 1. The number of benzene rings is 1. The van der Waals surface area contributed by atoms with Crippen LogP contribution in [0.3, 0.4) is 0 Å². The van der Waals surface area contributed by atoms with E-state index in [1.165, 1.54) is 12.8 Å². The highest BCUT2D eigenvalue weighted by atomic mass is 16.5. The number of hydrogen-bond donors (Lipinski definition) is 0. The third-order valence-electron chi connectivity index (χ3n) is 5.18. The molecule has 0 aliphatic carbocycles. The summed E-state index contributed by atoms with van der Waals surface area (Å²) in [4.78, 5) is 41.4. The first-order valence-corrected chi connectivity index (χ1v) is 9.67. The molecule has 2 heterocycles. The molecule has 0 radical (unpaired) electrons. The van der Waals surface area contributed by atoms with Crippen LogP contribution in [0.15, 0.2) is 24.3 Å². The number of nitrogens with zero attached hydrogens (tertiary/aromatic N) is 3. The van der Waals surface area contributed by atoms with E-state index in [1.807, 2.05) is 4.90 Å². The van der Waals surface area contributed by atoms with Gasteiger partial charge in [0, 0.05) is 39.3 Å². The number of para-hydroxylation sites is 1. The fourth-order valence-electron chi connectivity index (χ4n) is 3.52. The van der Waals surface area contributed by atoms with Crippen molar-refractivity contribution >= 4 is 18.2 Å². The first-order valence-electron chi connectivity index (χ1n) is 9.67. The smallest absolute Gasteiger partial charge is 0.260 e. The van der Waals surface area contributed by atoms with Gasteiger partial charge in [-0.25, -0.2) is 0 Å². The van der Waals surface area contributed by atoms with Gasteiger partial charge >= 0.3 is 0 Å². The van der Waals surface area contributed by atoms with Crippen LogP contribution in [0.4, 0.5) is 0 Å². The predicted octanol–water partition coefficient (Wildman–Crippen LogP) is 1.38. The average molecular weight is 373 g/mol. The van der Waals surface area contributed by atoms with Gasteiger partial charge < -0.3 is 19.4 Å². The van der Waals surface area contributed by atoms with Crippen LogP contribution in [0.2, 0.25) is 0 Å². The van der Waals surface area contributed by atoms with Gasteiger partial charge in [0.25, 0.3) is 11.8 Å². The molecule has 7 nitrogen and oxygen atoms in total. The zero-order chi connectivity index (χ0) is 19.1. The molecule has 1 aromatic rings. The Balaban J connectivity index is 1.61. The highest BCUT2D eigenvalue weighted by Gasteiger charge is 2.24. The summed E-state index contributed by atoms with van der Waals surface area (Å²) in [6, 6.07) is 7.04. The quantitative estimate of drug-likeness (QED) is 0.731. The molecule has 0 spiro atoms. The van der Waals surface area contributed by atoms with Gasteiger partial charge in [0.15, 0.2) is 6.61 Å². The highest BCUT2D eigenvalue weighted by Crippen LogP contribution is 2.21. The van der Waals surface area contributed by atoms with Gasteiger partial charge in [-0.3, -0.25) is 14.4 Å². The van der Waals surface area contributed by atoms with Crippen molar-refractivity contribution in [2.45, 2.75) is 25.7 Å². The monoisotopic (exact) mass is 373 g/mol. The molecule has 2 aliphatic rings. The largest absolute Gasteiger partial charge is 0.483 e. The first kappa shape index (κ1) is 19.2. The molecule has 2 saturated heterocycles. The maximum atomic E-state index is 12.9. The number of piperazine rings is 1. The third kappa shape index (κ3) is 4.99. The SMILES string of the molecule is O=CN1CCN(C(=O)c2ccccc2OCC(=O)N2CCCCCC2)CC1. The van der Waals surface area contributed by atoms with Gasteiger partial charge in [-0.15, -0.1) is 0 Å². The van der Waals surface area contributed by atoms with Crippen LogP contribution in [0.1, 0.15) is 36.0 Å². The number of carbonyl (C=O) groups excluding carboxylic acids is 3. The van der Waals surface area contributed by atoms with E-state index < -0.39 is 0 Å². The molecule has 0 aromatic heterocycles. The van der Waals surface area contributed by atoms with Gasteiger partial charge in [-0.05, 0) is 25.0 Å². The van der Waals surface area contributed by atoms with Crippen LogP contribution in [0.5, 0.6) is 5.75 Å². The predicted molar refractivity (Wildman–Crippen MR) is 101 cm³/mol. The summed E-state index contributed by atoms with van der Waals surface area (Å²) in [6.45, 7) is 3.57. The summed E-state index contributed by atoms with van der Waals surface area (Å²) in [5.41, 5.74) is 0.459. The lowest BCUT2D eigenvalue weighted by atomic mass is 10.1. The lowest BCUT2D eigenvalue weighted by Gasteiger charge is -2.32. The third-order valence-corrected chi connectivity index (χ3v) is 5.18. The first-order chi connectivity index (χ1) is 13.2. The van der Waals surface area contributed by atoms with Gasteiger partial charge in [0.2, 0.25) is 6.41 Å². The summed E-state index contributed by atoms with van der Waals surface area (Å²) in [7, 11) is 0. The second-order valence-electron chi connectivity index (χ2n) is 7.01. The lowest BCUT2D eigenvalue weighted by Crippen LogP contribution is -2.48. The number of carbonyl (C=O) groups is 3. The number of rotatable bonds is 5. The minimum Gasteiger partial charge on any atom is -0.483 e. The molecule has 2 fully saturated rings. The van der Waals surface area contributed by atoms with E-state index in [0.717, 1.165) is 32.3 Å². The van der Waals surface area contributed by atoms with E-state index in [4.69, 9.17) is 4.74 Å². The molecular weight excluding hydrogens is 346 g/mol. The van der Waals surface area contributed by atoms with Crippen molar-refractivity contribution in [2.24, 2.45) is 0 Å². The molecule has 0 atom stereocenters. The Labute approximate surface area is 159 Å². The van der Waals surface area contributed by atoms with E-state index in [1.54, 1.807) is 34.1 Å². The van der Waals surface area contributed by atoms with Crippen molar-refractivity contribution in [1.29, 1.82) is 0 Å². The Hall–Kier alpha value is -2.57. The number of amides is 3. The van der Waals surface area contributed by atoms with Crippen molar-refractivity contribution < 1.29 is 19.1 Å². The van der Waals surface area contributed by atoms with Crippen molar-refractivity contribution in [3.05, 3.63) is 29.8 Å².